The van der Waals surface area contributed by atoms with Crippen LogP contribution in [0.4, 0.5) is 0 Å². The molecule has 0 aromatic carbocycles. The molecule has 0 aliphatic heterocycles. The fraction of sp³-hybridized carbons (Fsp3) is 0.739. The molecule has 0 aromatic rings. The predicted molar refractivity (Wildman–Crippen MR) is 234 cm³/mol. The summed E-state index contributed by atoms with van der Waals surface area (Å²) in [6, 6.07) is 0. The van der Waals surface area contributed by atoms with Gasteiger partial charge in [0.1, 0.15) is 12.7 Å². The number of allylic oxidation sites excluding steroid dienone is 9. The SMILES string of the molecule is CCCCCCCC/C=C\CCCCCCCCCC(=O)OC[C@H](COP(=O)(O)OC[C@@H](O)CO)OC(=O)CCC/C=C\C/C=C\C/C=C\C/C=C\[C@H](O)CCCC. The number of esters is 2. The number of hydrogen-bond donors (Lipinski definition) is 4. The summed E-state index contributed by atoms with van der Waals surface area (Å²) in [5.74, 6) is -1.02. The summed E-state index contributed by atoms with van der Waals surface area (Å²) in [6.07, 6.45) is 42.4. The zero-order valence-electron chi connectivity index (χ0n) is 36.1. The Hall–Kier alpha value is -2.37. The van der Waals surface area contributed by atoms with Crippen LogP contribution >= 0.6 is 7.82 Å². The minimum Gasteiger partial charge on any atom is -0.462 e. The summed E-state index contributed by atoms with van der Waals surface area (Å²) in [4.78, 5) is 35.0. The Balaban J connectivity index is 4.41. The van der Waals surface area contributed by atoms with E-state index in [4.69, 9.17) is 19.1 Å². The molecule has 0 saturated heterocycles. The molecule has 4 atom stereocenters. The van der Waals surface area contributed by atoms with E-state index < -0.39 is 51.8 Å². The number of hydrogen-bond acceptors (Lipinski definition) is 10. The second-order valence-corrected chi connectivity index (χ2v) is 16.3. The van der Waals surface area contributed by atoms with Crippen molar-refractivity contribution in [3.8, 4) is 0 Å². The Morgan fingerprint density at radius 2 is 1.05 bits per heavy atom. The van der Waals surface area contributed by atoms with Crippen LogP contribution in [0.5, 0.6) is 0 Å². The van der Waals surface area contributed by atoms with Crippen molar-refractivity contribution in [3.63, 3.8) is 0 Å². The summed E-state index contributed by atoms with van der Waals surface area (Å²) in [6.45, 7) is 2.14. The fourth-order valence-electron chi connectivity index (χ4n) is 5.70. The lowest BCUT2D eigenvalue weighted by atomic mass is 10.1. The van der Waals surface area contributed by atoms with Gasteiger partial charge in [-0.2, -0.15) is 0 Å². The van der Waals surface area contributed by atoms with Gasteiger partial charge in [0.2, 0.25) is 0 Å². The van der Waals surface area contributed by atoms with Gasteiger partial charge in [-0.1, -0.05) is 152 Å². The molecule has 0 amide bonds. The Kier molecular flexibility index (Phi) is 39.7. The third-order valence-electron chi connectivity index (χ3n) is 9.22. The van der Waals surface area contributed by atoms with Crippen molar-refractivity contribution in [3.05, 3.63) is 60.8 Å². The highest BCUT2D eigenvalue weighted by atomic mass is 31.2. The van der Waals surface area contributed by atoms with Crippen LogP contribution in [0, 0.1) is 0 Å². The highest BCUT2D eigenvalue weighted by Gasteiger charge is 2.27. The number of phosphoric acid groups is 1. The molecule has 0 spiro atoms. The number of carbonyl (C=O) groups is 2. The molecule has 0 rings (SSSR count). The van der Waals surface area contributed by atoms with Crippen LogP contribution in [0.15, 0.2) is 60.8 Å². The van der Waals surface area contributed by atoms with Crippen molar-refractivity contribution in [1.29, 1.82) is 0 Å². The fourth-order valence-corrected chi connectivity index (χ4v) is 6.49. The summed E-state index contributed by atoms with van der Waals surface area (Å²) < 4.78 is 32.6. The zero-order valence-corrected chi connectivity index (χ0v) is 37.0. The maximum absolute atomic E-state index is 12.6. The summed E-state index contributed by atoms with van der Waals surface area (Å²) in [7, 11) is -4.65. The van der Waals surface area contributed by atoms with Crippen molar-refractivity contribution < 1.29 is 52.9 Å². The van der Waals surface area contributed by atoms with Gasteiger partial charge >= 0.3 is 19.8 Å². The first kappa shape index (κ1) is 55.6. The van der Waals surface area contributed by atoms with E-state index in [-0.39, 0.29) is 25.6 Å². The number of aliphatic hydroxyl groups is 3. The van der Waals surface area contributed by atoms with Gasteiger partial charge in [-0.05, 0) is 70.6 Å². The summed E-state index contributed by atoms with van der Waals surface area (Å²) in [5, 5.41) is 28.1. The molecule has 12 heteroatoms. The quantitative estimate of drug-likeness (QED) is 0.0200. The maximum atomic E-state index is 12.6. The van der Waals surface area contributed by atoms with Crippen molar-refractivity contribution >= 4 is 19.8 Å². The van der Waals surface area contributed by atoms with Gasteiger partial charge in [0, 0.05) is 12.8 Å². The smallest absolute Gasteiger partial charge is 0.462 e. The Morgan fingerprint density at radius 1 is 0.569 bits per heavy atom. The van der Waals surface area contributed by atoms with Crippen LogP contribution in [-0.4, -0.2) is 76.9 Å². The Bertz CT molecular complexity index is 1170. The van der Waals surface area contributed by atoms with E-state index in [9.17, 15) is 29.3 Å². The molecule has 336 valence electrons. The lowest BCUT2D eigenvalue weighted by Crippen LogP contribution is -2.29. The minimum absolute atomic E-state index is 0.0887. The van der Waals surface area contributed by atoms with Gasteiger partial charge in [-0.25, -0.2) is 4.57 Å². The topological polar surface area (TPSA) is 169 Å². The van der Waals surface area contributed by atoms with Gasteiger partial charge < -0.3 is 29.7 Å². The van der Waals surface area contributed by atoms with Gasteiger partial charge in [0.25, 0.3) is 0 Å². The maximum Gasteiger partial charge on any atom is 0.472 e. The number of phosphoric ester groups is 1. The Morgan fingerprint density at radius 3 is 1.66 bits per heavy atom. The van der Waals surface area contributed by atoms with Crippen LogP contribution in [0.3, 0.4) is 0 Å². The van der Waals surface area contributed by atoms with Crippen LogP contribution in [-0.2, 0) is 32.7 Å². The standard InChI is InChI=1S/C46H81O11P/c1-3-5-7-8-9-10-11-12-13-14-15-16-20-23-26-29-32-36-45(50)54-40-44(41-56-58(52,53)55-39-43(49)38-47)57-46(51)37-33-30-27-24-21-18-17-19-22-25-28-31-35-42(48)34-6-4-2/h12-13,17-18,22,24-25,27,31,35,42-44,47-49H,3-11,14-16,19-21,23,26,28-30,32-34,36-41H2,1-2H3,(H,52,53)/b13-12-,18-17-,25-22-,27-24-,35-31-/t42-,43+,44-/m1/s1. The first-order valence-electron chi connectivity index (χ1n) is 22.3. The monoisotopic (exact) mass is 841 g/mol. The van der Waals surface area contributed by atoms with Crippen LogP contribution in [0.1, 0.15) is 174 Å². The van der Waals surface area contributed by atoms with E-state index in [0.29, 0.717) is 19.3 Å². The predicted octanol–water partition coefficient (Wildman–Crippen LogP) is 10.9. The van der Waals surface area contributed by atoms with E-state index in [1.165, 1.54) is 64.2 Å². The zero-order chi connectivity index (χ0) is 42.8. The number of rotatable bonds is 41. The molecule has 0 aliphatic carbocycles. The second-order valence-electron chi connectivity index (χ2n) is 14.9. The van der Waals surface area contributed by atoms with E-state index in [2.05, 4.69) is 54.8 Å². The molecule has 0 aromatic heterocycles. The number of aliphatic hydroxyl groups excluding tert-OH is 3. The molecular weight excluding hydrogens is 759 g/mol. The van der Waals surface area contributed by atoms with E-state index in [0.717, 1.165) is 64.2 Å². The van der Waals surface area contributed by atoms with Crippen molar-refractivity contribution in [2.24, 2.45) is 0 Å². The number of carbonyl (C=O) groups excluding carboxylic acids is 2. The molecule has 11 nitrogen and oxygen atoms in total. The second kappa shape index (κ2) is 41.4. The number of ether oxygens (including phenoxy) is 2. The molecular formula is C46H81O11P. The first-order chi connectivity index (χ1) is 28.1. The molecule has 0 fully saturated rings. The lowest BCUT2D eigenvalue weighted by molar-refractivity contribution is -0.161. The van der Waals surface area contributed by atoms with Crippen LogP contribution in [0.2, 0.25) is 0 Å². The molecule has 0 bridgehead atoms. The molecule has 0 aliphatic rings. The lowest BCUT2D eigenvalue weighted by Gasteiger charge is -2.20. The van der Waals surface area contributed by atoms with Crippen LogP contribution < -0.4 is 0 Å². The van der Waals surface area contributed by atoms with E-state index in [1.54, 1.807) is 0 Å². The Labute approximate surface area is 351 Å². The normalized spacial score (nSPS) is 14.9. The van der Waals surface area contributed by atoms with Gasteiger partial charge in [0.05, 0.1) is 25.9 Å². The van der Waals surface area contributed by atoms with E-state index >= 15 is 0 Å². The molecule has 58 heavy (non-hydrogen) atoms. The molecule has 0 heterocycles. The average molecular weight is 841 g/mol. The average Bonchev–Trinajstić information content (AvgIpc) is 3.21. The van der Waals surface area contributed by atoms with Gasteiger partial charge in [-0.15, -0.1) is 0 Å². The first-order valence-corrected chi connectivity index (χ1v) is 23.8. The highest BCUT2D eigenvalue weighted by Crippen LogP contribution is 2.43. The molecule has 0 saturated carbocycles. The minimum atomic E-state index is -4.65. The number of unbranched alkanes of at least 4 members (excludes halogenated alkanes) is 15. The highest BCUT2D eigenvalue weighted by molar-refractivity contribution is 7.47. The summed E-state index contributed by atoms with van der Waals surface area (Å²) >= 11 is 0. The molecule has 1 unspecified atom stereocenters. The molecule has 0 radical (unpaired) electrons. The summed E-state index contributed by atoms with van der Waals surface area (Å²) in [5.41, 5.74) is 0. The van der Waals surface area contributed by atoms with Crippen LogP contribution in [0.25, 0.3) is 0 Å². The third kappa shape index (κ3) is 40.4. The largest absolute Gasteiger partial charge is 0.472 e. The van der Waals surface area contributed by atoms with Crippen molar-refractivity contribution in [1.82, 2.24) is 0 Å². The van der Waals surface area contributed by atoms with Gasteiger partial charge in [0.15, 0.2) is 6.10 Å². The third-order valence-corrected chi connectivity index (χ3v) is 10.2. The van der Waals surface area contributed by atoms with Gasteiger partial charge in [-0.3, -0.25) is 18.6 Å². The molecule has 4 N–H and O–H groups in total. The van der Waals surface area contributed by atoms with Crippen molar-refractivity contribution in [2.75, 3.05) is 26.4 Å². The van der Waals surface area contributed by atoms with E-state index in [1.807, 2.05) is 24.3 Å². The van der Waals surface area contributed by atoms with Crippen molar-refractivity contribution in [2.45, 2.75) is 193 Å².